The van der Waals surface area contributed by atoms with Crippen LogP contribution in [0.5, 0.6) is 0 Å². The molecule has 2 rings (SSSR count). The summed E-state index contributed by atoms with van der Waals surface area (Å²) in [5.74, 6) is 6.74. The van der Waals surface area contributed by atoms with E-state index in [1.165, 1.54) is 73.5 Å². The zero-order valence-corrected chi connectivity index (χ0v) is 14.9. The maximum absolute atomic E-state index is 3.56. The summed E-state index contributed by atoms with van der Waals surface area (Å²) in [7, 11) is 0. The van der Waals surface area contributed by atoms with Crippen LogP contribution >= 0.6 is 0 Å². The number of hydrogen-bond acceptors (Lipinski definition) is 0. The summed E-state index contributed by atoms with van der Waals surface area (Å²) >= 11 is 0. The Labute approximate surface area is 141 Å². The molecule has 124 valence electrons. The molecule has 0 aliphatic heterocycles. The number of nitrogens with one attached hydrogen (secondary N) is 1. The van der Waals surface area contributed by atoms with Crippen LogP contribution in [0.3, 0.4) is 0 Å². The van der Waals surface area contributed by atoms with Gasteiger partial charge in [-0.05, 0) is 37.5 Å². The molecule has 0 amide bonds. The van der Waals surface area contributed by atoms with Gasteiger partial charge >= 0.3 is 0 Å². The Kier molecular flexibility index (Phi) is 7.81. The van der Waals surface area contributed by atoms with Crippen molar-refractivity contribution in [3.05, 3.63) is 35.5 Å². The van der Waals surface area contributed by atoms with E-state index in [1.807, 2.05) is 0 Å². The molecular weight excluding hydrogens is 278 g/mol. The van der Waals surface area contributed by atoms with E-state index in [0.717, 1.165) is 12.8 Å². The van der Waals surface area contributed by atoms with Crippen molar-refractivity contribution >= 4 is 10.9 Å². The average Bonchev–Trinajstić information content (AvgIpc) is 2.98. The molecule has 0 fully saturated rings. The fourth-order valence-electron chi connectivity index (χ4n) is 3.00. The number of benzene rings is 1. The van der Waals surface area contributed by atoms with Gasteiger partial charge in [0.25, 0.3) is 0 Å². The van der Waals surface area contributed by atoms with Gasteiger partial charge in [-0.3, -0.25) is 0 Å². The third kappa shape index (κ3) is 5.79. The molecule has 1 nitrogen and oxygen atoms in total. The van der Waals surface area contributed by atoms with Crippen LogP contribution in [-0.4, -0.2) is 4.98 Å². The average molecular weight is 309 g/mol. The van der Waals surface area contributed by atoms with Crippen LogP contribution in [0.15, 0.2) is 24.3 Å². The van der Waals surface area contributed by atoms with Crippen LogP contribution in [-0.2, 0) is 6.42 Å². The fourth-order valence-corrected chi connectivity index (χ4v) is 3.00. The van der Waals surface area contributed by atoms with Crippen LogP contribution in [0.1, 0.15) is 82.9 Å². The van der Waals surface area contributed by atoms with Crippen molar-refractivity contribution in [1.29, 1.82) is 0 Å². The van der Waals surface area contributed by atoms with Crippen molar-refractivity contribution in [2.45, 2.75) is 78.1 Å². The number of aryl methyl sites for hydroxylation is 1. The zero-order chi connectivity index (χ0) is 16.3. The van der Waals surface area contributed by atoms with E-state index in [4.69, 9.17) is 0 Å². The van der Waals surface area contributed by atoms with Gasteiger partial charge in [0.1, 0.15) is 0 Å². The molecule has 0 spiro atoms. The van der Waals surface area contributed by atoms with E-state index >= 15 is 0 Å². The Hall–Kier alpha value is -1.68. The normalized spacial score (nSPS) is 10.7. The lowest BCUT2D eigenvalue weighted by Crippen LogP contribution is -1.84. The summed E-state index contributed by atoms with van der Waals surface area (Å²) in [6.07, 6.45) is 12.6. The minimum atomic E-state index is 1.02. The van der Waals surface area contributed by atoms with Crippen molar-refractivity contribution in [3.8, 4) is 11.8 Å². The summed E-state index contributed by atoms with van der Waals surface area (Å²) in [6, 6.07) is 8.73. The highest BCUT2D eigenvalue weighted by atomic mass is 14.7. The molecule has 1 heterocycles. The third-order valence-electron chi connectivity index (χ3n) is 4.40. The molecular formula is C22H31N. The van der Waals surface area contributed by atoms with Gasteiger partial charge in [-0.25, -0.2) is 0 Å². The SMILES string of the molecule is CCCCCCC#Cc1cccc2[nH]c(CCCCCC)cc12. The highest BCUT2D eigenvalue weighted by molar-refractivity contribution is 5.86. The second-order valence-corrected chi connectivity index (χ2v) is 6.48. The number of aromatic nitrogens is 1. The predicted octanol–water partition coefficient (Wildman–Crippen LogP) is 6.61. The molecule has 0 unspecified atom stereocenters. The van der Waals surface area contributed by atoms with Gasteiger partial charge in [-0.15, -0.1) is 0 Å². The first-order chi connectivity index (χ1) is 11.3. The van der Waals surface area contributed by atoms with E-state index < -0.39 is 0 Å². The van der Waals surface area contributed by atoms with Gasteiger partial charge in [-0.2, -0.15) is 0 Å². The van der Waals surface area contributed by atoms with Crippen LogP contribution in [0, 0.1) is 11.8 Å². The lowest BCUT2D eigenvalue weighted by molar-refractivity contribution is 0.662. The van der Waals surface area contributed by atoms with Gasteiger partial charge in [0.15, 0.2) is 0 Å². The topological polar surface area (TPSA) is 15.8 Å². The minimum absolute atomic E-state index is 1.02. The Morgan fingerprint density at radius 1 is 0.913 bits per heavy atom. The standard InChI is InChI=1S/C22H31N/c1-3-5-7-9-10-11-14-19-15-13-17-22-21(19)18-20(23-22)16-12-8-6-4-2/h13,15,17-18,23H,3-10,12,16H2,1-2H3. The maximum atomic E-state index is 3.56. The number of H-pyrrole nitrogens is 1. The third-order valence-corrected chi connectivity index (χ3v) is 4.40. The molecule has 0 aliphatic carbocycles. The summed E-state index contributed by atoms with van der Waals surface area (Å²) in [6.45, 7) is 4.51. The van der Waals surface area contributed by atoms with Gasteiger partial charge in [0, 0.05) is 28.6 Å². The Bertz CT molecular complexity index is 639. The van der Waals surface area contributed by atoms with Crippen LogP contribution in [0.25, 0.3) is 10.9 Å². The molecule has 1 N–H and O–H groups in total. The Morgan fingerprint density at radius 2 is 1.70 bits per heavy atom. The van der Waals surface area contributed by atoms with Crippen molar-refractivity contribution in [1.82, 2.24) is 4.98 Å². The second-order valence-electron chi connectivity index (χ2n) is 6.48. The van der Waals surface area contributed by atoms with Crippen molar-refractivity contribution in [2.24, 2.45) is 0 Å². The van der Waals surface area contributed by atoms with Crippen molar-refractivity contribution < 1.29 is 0 Å². The zero-order valence-electron chi connectivity index (χ0n) is 14.9. The van der Waals surface area contributed by atoms with E-state index in [0.29, 0.717) is 0 Å². The van der Waals surface area contributed by atoms with Gasteiger partial charge in [0.2, 0.25) is 0 Å². The fraction of sp³-hybridized carbons (Fsp3) is 0.545. The highest BCUT2D eigenvalue weighted by Crippen LogP contribution is 2.20. The Morgan fingerprint density at radius 3 is 2.48 bits per heavy atom. The number of fused-ring (bicyclic) bond motifs is 1. The van der Waals surface area contributed by atoms with Gasteiger partial charge in [-0.1, -0.05) is 70.3 Å². The lowest BCUT2D eigenvalue weighted by Gasteiger charge is -1.96. The quantitative estimate of drug-likeness (QED) is 0.396. The smallest absolute Gasteiger partial charge is 0.0468 e. The minimum Gasteiger partial charge on any atom is -0.358 e. The molecule has 1 aromatic heterocycles. The molecule has 0 atom stereocenters. The first-order valence-electron chi connectivity index (χ1n) is 9.44. The summed E-state index contributed by atoms with van der Waals surface area (Å²) in [4.78, 5) is 3.56. The van der Waals surface area contributed by atoms with Gasteiger partial charge in [0.05, 0.1) is 0 Å². The van der Waals surface area contributed by atoms with Crippen LogP contribution in [0.4, 0.5) is 0 Å². The molecule has 23 heavy (non-hydrogen) atoms. The molecule has 1 heteroatoms. The first kappa shape index (κ1) is 17.7. The molecule has 1 aromatic carbocycles. The summed E-state index contributed by atoms with van der Waals surface area (Å²) in [5, 5.41) is 1.29. The summed E-state index contributed by atoms with van der Waals surface area (Å²) in [5.41, 5.74) is 3.76. The van der Waals surface area contributed by atoms with Crippen molar-refractivity contribution in [3.63, 3.8) is 0 Å². The van der Waals surface area contributed by atoms with E-state index in [2.05, 4.69) is 54.9 Å². The van der Waals surface area contributed by atoms with Gasteiger partial charge < -0.3 is 4.98 Å². The predicted molar refractivity (Wildman–Crippen MR) is 102 cm³/mol. The highest BCUT2D eigenvalue weighted by Gasteiger charge is 2.04. The molecule has 2 aromatic rings. The molecule has 0 saturated carbocycles. The van der Waals surface area contributed by atoms with E-state index in [-0.39, 0.29) is 0 Å². The molecule has 0 saturated heterocycles. The number of hydrogen-bond donors (Lipinski definition) is 1. The van der Waals surface area contributed by atoms with E-state index in [9.17, 15) is 0 Å². The molecule has 0 radical (unpaired) electrons. The number of aromatic amines is 1. The first-order valence-corrected chi connectivity index (χ1v) is 9.44. The van der Waals surface area contributed by atoms with Crippen LogP contribution < -0.4 is 0 Å². The monoisotopic (exact) mass is 309 g/mol. The molecule has 0 bridgehead atoms. The number of rotatable bonds is 9. The lowest BCUT2D eigenvalue weighted by atomic mass is 10.1. The summed E-state index contributed by atoms with van der Waals surface area (Å²) < 4.78 is 0. The largest absolute Gasteiger partial charge is 0.358 e. The van der Waals surface area contributed by atoms with Crippen LogP contribution in [0.2, 0.25) is 0 Å². The number of unbranched alkanes of at least 4 members (excludes halogenated alkanes) is 7. The van der Waals surface area contributed by atoms with Crippen molar-refractivity contribution in [2.75, 3.05) is 0 Å². The Balaban J connectivity index is 1.97. The maximum Gasteiger partial charge on any atom is 0.0468 e. The second kappa shape index (κ2) is 10.2. The van der Waals surface area contributed by atoms with E-state index in [1.54, 1.807) is 0 Å². The molecule has 0 aliphatic rings.